The van der Waals surface area contributed by atoms with Gasteiger partial charge in [0.1, 0.15) is 5.70 Å². The predicted octanol–water partition coefficient (Wildman–Crippen LogP) is 2.94. The molecular formula is C23H25N5O2S. The van der Waals surface area contributed by atoms with Crippen LogP contribution in [0.3, 0.4) is 0 Å². The van der Waals surface area contributed by atoms with E-state index in [0.29, 0.717) is 23.5 Å². The molecule has 2 aromatic rings. The van der Waals surface area contributed by atoms with Crippen LogP contribution in [0, 0.1) is 11.8 Å². The third-order valence-corrected chi connectivity index (χ3v) is 8.01. The highest BCUT2D eigenvalue weighted by Gasteiger charge is 2.58. The highest BCUT2D eigenvalue weighted by molar-refractivity contribution is 7.16. The summed E-state index contributed by atoms with van der Waals surface area (Å²) in [6.07, 6.45) is 8.13. The molecule has 1 aromatic heterocycles. The van der Waals surface area contributed by atoms with E-state index in [0.717, 1.165) is 47.9 Å². The van der Waals surface area contributed by atoms with Gasteiger partial charge in [0.15, 0.2) is 0 Å². The van der Waals surface area contributed by atoms with E-state index in [9.17, 15) is 9.59 Å². The summed E-state index contributed by atoms with van der Waals surface area (Å²) in [5, 5.41) is 9.40. The first-order valence-corrected chi connectivity index (χ1v) is 11.8. The number of benzene rings is 1. The third kappa shape index (κ3) is 3.33. The molecule has 3 N–H and O–H groups in total. The van der Waals surface area contributed by atoms with Gasteiger partial charge in [0.2, 0.25) is 11.9 Å². The summed E-state index contributed by atoms with van der Waals surface area (Å²) in [6.45, 7) is 1.61. The lowest BCUT2D eigenvalue weighted by molar-refractivity contribution is -0.125. The number of aromatic nitrogens is 1. The summed E-state index contributed by atoms with van der Waals surface area (Å²) in [7, 11) is 0. The van der Waals surface area contributed by atoms with E-state index >= 15 is 0 Å². The second-order valence-corrected chi connectivity index (χ2v) is 10.7. The molecule has 2 unspecified atom stereocenters. The second kappa shape index (κ2) is 6.63. The van der Waals surface area contributed by atoms with Gasteiger partial charge in [-0.25, -0.2) is 9.98 Å². The maximum absolute atomic E-state index is 12.6. The minimum absolute atomic E-state index is 0.0418. The number of hydrogen-bond acceptors (Lipinski definition) is 5. The zero-order valence-corrected chi connectivity index (χ0v) is 18.2. The highest BCUT2D eigenvalue weighted by Crippen LogP contribution is 2.59. The standard InChI is InChI=1S/C23H25N5O2S/c1-13(29)27-22-7-15-4-16(8-22)10-23(9-15,11-22)28-21-25-18(20(30)26-21)5-14-2-3-17-19(6-14)31-12-24-17/h2-3,5-6,12,15-16H,4,7-11H2,1H3,(H,27,29)(H2,25,26,28,30)/b18-5-. The Bertz CT molecular complexity index is 1150. The summed E-state index contributed by atoms with van der Waals surface area (Å²) in [4.78, 5) is 33.9. The SMILES string of the molecule is CC(=O)NC12CC3CC(CC(N=C4NC(=O)/C(=C/c5ccc6ncsc6c5)N4)(C3)C1)C2. The number of carbonyl (C=O) groups excluding carboxylic acids is 2. The van der Waals surface area contributed by atoms with E-state index in [1.165, 1.54) is 6.42 Å². The fourth-order valence-electron chi connectivity index (χ4n) is 6.78. The van der Waals surface area contributed by atoms with Gasteiger partial charge in [-0.1, -0.05) is 6.07 Å². The van der Waals surface area contributed by atoms with Gasteiger partial charge in [0.05, 0.1) is 21.3 Å². The zero-order chi connectivity index (χ0) is 21.2. The van der Waals surface area contributed by atoms with E-state index in [2.05, 4.69) is 20.9 Å². The van der Waals surface area contributed by atoms with Gasteiger partial charge in [-0.2, -0.15) is 0 Å². The third-order valence-electron chi connectivity index (χ3n) is 7.22. The van der Waals surface area contributed by atoms with Crippen LogP contribution in [0.1, 0.15) is 51.0 Å². The van der Waals surface area contributed by atoms with Crippen LogP contribution in [0.25, 0.3) is 16.3 Å². The topological polar surface area (TPSA) is 95.5 Å². The minimum atomic E-state index is -0.209. The van der Waals surface area contributed by atoms with Gasteiger partial charge in [-0.15, -0.1) is 11.3 Å². The number of amides is 2. The number of nitrogens with zero attached hydrogens (tertiary/aromatic N) is 2. The molecule has 1 aromatic carbocycles. The molecule has 1 aliphatic heterocycles. The van der Waals surface area contributed by atoms with Crippen molar-refractivity contribution < 1.29 is 9.59 Å². The average Bonchev–Trinajstić information content (AvgIpc) is 3.25. The molecule has 1 saturated heterocycles. The summed E-state index contributed by atoms with van der Waals surface area (Å²) in [5.41, 5.74) is 3.91. The molecule has 7 nitrogen and oxygen atoms in total. The normalized spacial score (nSPS) is 36.2. The minimum Gasteiger partial charge on any atom is -0.351 e. The first kappa shape index (κ1) is 19.0. The molecule has 31 heavy (non-hydrogen) atoms. The summed E-state index contributed by atoms with van der Waals surface area (Å²) < 4.78 is 1.10. The van der Waals surface area contributed by atoms with E-state index in [1.807, 2.05) is 29.8 Å². The molecule has 2 atom stereocenters. The molecule has 2 heterocycles. The number of fused-ring (bicyclic) bond motifs is 1. The summed E-state index contributed by atoms with van der Waals surface area (Å²) in [6, 6.07) is 5.98. The molecule has 8 heteroatoms. The molecule has 5 fully saturated rings. The lowest BCUT2D eigenvalue weighted by Gasteiger charge is -2.60. The molecule has 4 aliphatic carbocycles. The van der Waals surface area contributed by atoms with Gasteiger partial charge in [-0.3, -0.25) is 14.9 Å². The Kier molecular flexibility index (Phi) is 4.06. The fourth-order valence-corrected chi connectivity index (χ4v) is 7.50. The molecular weight excluding hydrogens is 410 g/mol. The predicted molar refractivity (Wildman–Crippen MR) is 120 cm³/mol. The van der Waals surface area contributed by atoms with Crippen molar-refractivity contribution in [2.24, 2.45) is 16.8 Å². The average molecular weight is 436 g/mol. The first-order chi connectivity index (χ1) is 14.9. The Labute approximate surface area is 184 Å². The van der Waals surface area contributed by atoms with Crippen molar-refractivity contribution in [2.75, 3.05) is 0 Å². The number of carbonyl (C=O) groups is 2. The summed E-state index contributed by atoms with van der Waals surface area (Å²) in [5.74, 6) is 1.60. The number of thiazole rings is 1. The Balaban J connectivity index is 1.27. The lowest BCUT2D eigenvalue weighted by atomic mass is 9.50. The van der Waals surface area contributed by atoms with Crippen molar-refractivity contribution in [3.63, 3.8) is 0 Å². The Hall–Kier alpha value is -2.74. The molecule has 4 saturated carbocycles. The van der Waals surface area contributed by atoms with Crippen molar-refractivity contribution in [2.45, 2.75) is 56.5 Å². The number of hydrogen-bond donors (Lipinski definition) is 3. The van der Waals surface area contributed by atoms with Gasteiger partial charge >= 0.3 is 0 Å². The van der Waals surface area contributed by atoms with Crippen molar-refractivity contribution in [1.29, 1.82) is 0 Å². The fraction of sp³-hybridized carbons (Fsp3) is 0.478. The van der Waals surface area contributed by atoms with Gasteiger partial charge in [0, 0.05) is 12.5 Å². The van der Waals surface area contributed by atoms with Crippen LogP contribution in [-0.4, -0.2) is 33.8 Å². The van der Waals surface area contributed by atoms with E-state index in [4.69, 9.17) is 4.99 Å². The smallest absolute Gasteiger partial charge is 0.274 e. The van der Waals surface area contributed by atoms with E-state index in [1.54, 1.807) is 18.3 Å². The molecule has 0 spiro atoms. The molecule has 160 valence electrons. The number of rotatable bonds is 3. The molecule has 2 amide bonds. The maximum Gasteiger partial charge on any atom is 0.274 e. The zero-order valence-electron chi connectivity index (χ0n) is 17.4. The maximum atomic E-state index is 12.6. The van der Waals surface area contributed by atoms with Crippen LogP contribution in [0.5, 0.6) is 0 Å². The molecule has 0 radical (unpaired) electrons. The van der Waals surface area contributed by atoms with Gasteiger partial charge < -0.3 is 10.6 Å². The van der Waals surface area contributed by atoms with Crippen molar-refractivity contribution in [3.05, 3.63) is 35.0 Å². The Morgan fingerprint density at radius 3 is 2.84 bits per heavy atom. The van der Waals surface area contributed by atoms with Crippen molar-refractivity contribution in [1.82, 2.24) is 20.9 Å². The van der Waals surface area contributed by atoms with Crippen LogP contribution in [0.15, 0.2) is 34.4 Å². The monoisotopic (exact) mass is 435 g/mol. The Morgan fingerprint density at radius 2 is 2.06 bits per heavy atom. The molecule has 7 rings (SSSR count). The molecule has 4 bridgehead atoms. The van der Waals surface area contributed by atoms with Crippen molar-refractivity contribution >= 4 is 45.4 Å². The largest absolute Gasteiger partial charge is 0.351 e. The van der Waals surface area contributed by atoms with Crippen LogP contribution in [0.4, 0.5) is 0 Å². The number of nitrogens with one attached hydrogen (secondary N) is 3. The van der Waals surface area contributed by atoms with E-state index in [-0.39, 0.29) is 22.9 Å². The second-order valence-electron chi connectivity index (χ2n) is 9.82. The summed E-state index contributed by atoms with van der Waals surface area (Å²) >= 11 is 1.59. The van der Waals surface area contributed by atoms with Crippen LogP contribution in [0.2, 0.25) is 0 Å². The lowest BCUT2D eigenvalue weighted by Crippen LogP contribution is -2.65. The van der Waals surface area contributed by atoms with Crippen LogP contribution >= 0.6 is 11.3 Å². The molecule has 5 aliphatic rings. The van der Waals surface area contributed by atoms with Crippen molar-refractivity contribution in [3.8, 4) is 0 Å². The van der Waals surface area contributed by atoms with E-state index < -0.39 is 0 Å². The first-order valence-electron chi connectivity index (χ1n) is 10.9. The quantitative estimate of drug-likeness (QED) is 0.646. The van der Waals surface area contributed by atoms with Gasteiger partial charge in [-0.05, 0) is 74.1 Å². The van der Waals surface area contributed by atoms with Crippen LogP contribution < -0.4 is 16.0 Å². The number of guanidine groups is 1. The number of aliphatic imine (C=N–C) groups is 1. The Morgan fingerprint density at radius 1 is 1.26 bits per heavy atom. The highest BCUT2D eigenvalue weighted by atomic mass is 32.1. The van der Waals surface area contributed by atoms with Crippen LogP contribution in [-0.2, 0) is 9.59 Å². The van der Waals surface area contributed by atoms with Gasteiger partial charge in [0.25, 0.3) is 5.91 Å².